The maximum Gasteiger partial charge on any atom is 0.342 e. The molecule has 0 radical (unpaired) electrons. The molecule has 180 valence electrons. The zero-order valence-electron chi connectivity index (χ0n) is 20.3. The van der Waals surface area contributed by atoms with Gasteiger partial charge in [-0.1, -0.05) is 98.0 Å². The summed E-state index contributed by atoms with van der Waals surface area (Å²) >= 11 is 2.15. The van der Waals surface area contributed by atoms with Crippen LogP contribution in [0.1, 0.15) is 43.1 Å². The van der Waals surface area contributed by atoms with Gasteiger partial charge in [0.15, 0.2) is 0 Å². The average molecular weight is 583 g/mol. The molecule has 2 atom stereocenters. The molecule has 0 unspecified atom stereocenters. The van der Waals surface area contributed by atoms with E-state index >= 15 is 0 Å². The molecule has 1 heterocycles. The van der Waals surface area contributed by atoms with Gasteiger partial charge in [0.1, 0.15) is 30.3 Å². The Kier molecular flexibility index (Phi) is 10.6. The molecular formula is C26H35IO5Si. The second kappa shape index (κ2) is 12.7. The van der Waals surface area contributed by atoms with Crippen molar-refractivity contribution in [2.24, 2.45) is 0 Å². The summed E-state index contributed by atoms with van der Waals surface area (Å²) in [5.74, 6) is 0.127. The maximum absolute atomic E-state index is 13.6. The molecule has 1 aliphatic rings. The molecule has 33 heavy (non-hydrogen) atoms. The van der Waals surface area contributed by atoms with E-state index in [-0.39, 0.29) is 11.8 Å². The quantitative estimate of drug-likeness (QED) is 0.149. The number of cyclic esters (lactones) is 1. The minimum atomic E-state index is -2.18. The topological polar surface area (TPSA) is 54.0 Å². The molecular weight excluding hydrogens is 547 g/mol. The number of ether oxygens (including phenoxy) is 3. The van der Waals surface area contributed by atoms with Gasteiger partial charge in [-0.2, -0.15) is 0 Å². The minimum Gasteiger partial charge on any atom is -0.543 e. The van der Waals surface area contributed by atoms with Crippen molar-refractivity contribution in [3.05, 3.63) is 69.9 Å². The van der Waals surface area contributed by atoms with Gasteiger partial charge in [-0.05, 0) is 33.8 Å². The summed E-state index contributed by atoms with van der Waals surface area (Å²) in [6.45, 7) is 11.0. The van der Waals surface area contributed by atoms with E-state index in [4.69, 9.17) is 18.6 Å². The lowest BCUT2D eigenvalue weighted by Gasteiger charge is -2.37. The van der Waals surface area contributed by atoms with Gasteiger partial charge in [0.2, 0.25) is 0 Å². The van der Waals surface area contributed by atoms with Crippen LogP contribution in [0.5, 0.6) is 5.75 Å². The molecule has 1 aromatic carbocycles. The van der Waals surface area contributed by atoms with Crippen LogP contribution in [-0.4, -0.2) is 40.4 Å². The Labute approximate surface area is 212 Å². The summed E-state index contributed by atoms with van der Waals surface area (Å²) in [5.41, 5.74) is 1.19. The van der Waals surface area contributed by atoms with Gasteiger partial charge in [-0.15, -0.1) is 0 Å². The molecule has 0 amide bonds. The Balaban J connectivity index is 2.55. The van der Waals surface area contributed by atoms with Crippen molar-refractivity contribution >= 4 is 43.0 Å². The molecule has 5 nitrogen and oxygen atoms in total. The normalized spacial score (nSPS) is 22.6. The van der Waals surface area contributed by atoms with Crippen molar-refractivity contribution in [2.75, 3.05) is 13.9 Å². The highest BCUT2D eigenvalue weighted by Gasteiger charge is 2.40. The molecule has 0 aliphatic carbocycles. The van der Waals surface area contributed by atoms with Gasteiger partial charge in [0, 0.05) is 13.5 Å². The summed E-state index contributed by atoms with van der Waals surface area (Å²) in [6.07, 6.45) is 12.9. The standard InChI is InChI=1S/C26H35IO5Si/c1-26(2,3)33(5,6)32-23-16-11-14-20-13-9-7-8-10-15-21(30-19-29-4)22(17-12-18-27)31-25(28)24(20)23/h7-16,18,21-22H,17,19H2,1-6H3/b8-7-,13-9+,15-10-,18-12-/t21-,22-/m0/s1. The van der Waals surface area contributed by atoms with Crippen molar-refractivity contribution in [3.8, 4) is 5.75 Å². The Hall–Kier alpha value is -1.68. The number of hydrogen-bond donors (Lipinski definition) is 0. The largest absolute Gasteiger partial charge is 0.543 e. The number of benzene rings is 1. The summed E-state index contributed by atoms with van der Waals surface area (Å²) in [7, 11) is -0.618. The van der Waals surface area contributed by atoms with Crippen LogP contribution in [0.15, 0.2) is 58.7 Å². The van der Waals surface area contributed by atoms with Crippen molar-refractivity contribution in [2.45, 2.75) is 57.5 Å². The second-order valence-corrected chi connectivity index (χ2v) is 14.7. The summed E-state index contributed by atoms with van der Waals surface area (Å²) < 4.78 is 25.5. The molecule has 0 N–H and O–H groups in total. The molecule has 7 heteroatoms. The van der Waals surface area contributed by atoms with Crippen LogP contribution in [0.2, 0.25) is 18.1 Å². The predicted molar refractivity (Wildman–Crippen MR) is 145 cm³/mol. The zero-order valence-corrected chi connectivity index (χ0v) is 23.5. The van der Waals surface area contributed by atoms with Crippen molar-refractivity contribution in [1.82, 2.24) is 0 Å². The van der Waals surface area contributed by atoms with E-state index in [1.807, 2.05) is 64.8 Å². The van der Waals surface area contributed by atoms with E-state index in [1.54, 1.807) is 7.11 Å². The first-order valence-corrected chi connectivity index (χ1v) is 15.2. The van der Waals surface area contributed by atoms with E-state index < -0.39 is 26.5 Å². The monoisotopic (exact) mass is 582 g/mol. The van der Waals surface area contributed by atoms with E-state index in [0.29, 0.717) is 17.7 Å². The van der Waals surface area contributed by atoms with Crippen molar-refractivity contribution in [1.29, 1.82) is 0 Å². The Morgan fingerprint density at radius 1 is 1.15 bits per heavy atom. The van der Waals surface area contributed by atoms with E-state index in [1.165, 1.54) is 0 Å². The summed E-state index contributed by atoms with van der Waals surface area (Å²) in [5, 5.41) is -0.0128. The molecule has 0 fully saturated rings. The number of allylic oxidation sites excluding steroid dienone is 4. The summed E-state index contributed by atoms with van der Waals surface area (Å²) in [4.78, 5) is 13.6. The maximum atomic E-state index is 13.6. The number of methoxy groups -OCH3 is 1. The van der Waals surface area contributed by atoms with Crippen LogP contribution in [0.25, 0.3) is 6.08 Å². The van der Waals surface area contributed by atoms with Gasteiger partial charge in [0.25, 0.3) is 8.32 Å². The minimum absolute atomic E-state index is 0.0128. The Bertz CT molecular complexity index is 912. The van der Waals surface area contributed by atoms with E-state index in [2.05, 4.69) is 56.5 Å². The smallest absolute Gasteiger partial charge is 0.342 e. The summed E-state index contributed by atoms with van der Waals surface area (Å²) in [6, 6.07) is 5.67. The number of carbonyl (C=O) groups excluding carboxylic acids is 1. The lowest BCUT2D eigenvalue weighted by Crippen LogP contribution is -2.44. The number of halogens is 1. The van der Waals surface area contributed by atoms with Crippen molar-refractivity contribution in [3.63, 3.8) is 0 Å². The van der Waals surface area contributed by atoms with Crippen molar-refractivity contribution < 1.29 is 23.4 Å². The molecule has 0 saturated carbocycles. The molecule has 0 spiro atoms. The fourth-order valence-electron chi connectivity index (χ4n) is 2.94. The average Bonchev–Trinajstić information content (AvgIpc) is 2.73. The number of esters is 1. The highest BCUT2D eigenvalue weighted by molar-refractivity contribution is 14.1. The molecule has 1 aromatic rings. The van der Waals surface area contributed by atoms with Gasteiger partial charge >= 0.3 is 5.97 Å². The van der Waals surface area contributed by atoms with Crippen LogP contribution in [0, 0.1) is 0 Å². The third-order valence-corrected chi connectivity index (χ3v) is 10.7. The van der Waals surface area contributed by atoms with E-state index in [0.717, 1.165) is 5.56 Å². The number of carbonyl (C=O) groups is 1. The molecule has 0 bridgehead atoms. The third-order valence-electron chi connectivity index (χ3n) is 5.80. The van der Waals surface area contributed by atoms with Gasteiger partial charge in [0.05, 0.1) is 0 Å². The lowest BCUT2D eigenvalue weighted by molar-refractivity contribution is -0.0965. The highest BCUT2D eigenvalue weighted by atomic mass is 127. The first-order chi connectivity index (χ1) is 15.6. The highest BCUT2D eigenvalue weighted by Crippen LogP contribution is 2.39. The number of hydrogen-bond acceptors (Lipinski definition) is 5. The molecule has 0 aromatic heterocycles. The zero-order chi connectivity index (χ0) is 24.5. The van der Waals surface area contributed by atoms with E-state index in [9.17, 15) is 4.79 Å². The number of fused-ring (bicyclic) bond motifs is 1. The van der Waals surface area contributed by atoms with Crippen LogP contribution in [-0.2, 0) is 14.2 Å². The van der Waals surface area contributed by atoms with Crippen LogP contribution < -0.4 is 4.43 Å². The van der Waals surface area contributed by atoms with Crippen LogP contribution >= 0.6 is 22.6 Å². The first kappa shape index (κ1) is 27.6. The SMILES string of the molecule is COCO[C@H]1\C=C/C=C\C=C\c2cccc(O[Si](C)(C)C(C)(C)C)c2C(=O)O[C@H]1C/C=C\I. The predicted octanol–water partition coefficient (Wildman–Crippen LogP) is 7.06. The van der Waals surface area contributed by atoms with Gasteiger partial charge < -0.3 is 18.6 Å². The van der Waals surface area contributed by atoms with Gasteiger partial charge in [-0.3, -0.25) is 0 Å². The Morgan fingerprint density at radius 2 is 1.88 bits per heavy atom. The molecule has 1 aliphatic heterocycles. The Morgan fingerprint density at radius 3 is 2.55 bits per heavy atom. The molecule has 2 rings (SSSR count). The molecule has 0 saturated heterocycles. The second-order valence-electron chi connectivity index (χ2n) is 9.29. The first-order valence-electron chi connectivity index (χ1n) is 11.0. The van der Waals surface area contributed by atoms with Crippen LogP contribution in [0.3, 0.4) is 0 Å². The van der Waals surface area contributed by atoms with Gasteiger partial charge in [-0.25, -0.2) is 4.79 Å². The lowest BCUT2D eigenvalue weighted by atomic mass is 10.0. The third kappa shape index (κ3) is 7.94. The van der Waals surface area contributed by atoms with Crippen LogP contribution in [0.4, 0.5) is 0 Å². The fourth-order valence-corrected chi connectivity index (χ4v) is 4.26. The fraction of sp³-hybridized carbons (Fsp3) is 0.423. The number of rotatable bonds is 7.